The molecule has 5 rings (SSSR count). The monoisotopic (exact) mass is 487 g/mol. The number of anilines is 1. The molecule has 2 aromatic carbocycles. The maximum atomic E-state index is 13.8. The third-order valence-corrected chi connectivity index (χ3v) is 5.80. The molecule has 0 saturated carbocycles. The van der Waals surface area contributed by atoms with Crippen LogP contribution in [0.25, 0.3) is 22.1 Å². The van der Waals surface area contributed by atoms with Crippen molar-refractivity contribution in [2.75, 3.05) is 11.9 Å². The zero-order valence-corrected chi connectivity index (χ0v) is 18.9. The zero-order valence-electron chi connectivity index (χ0n) is 18.1. The Bertz CT molecular complexity index is 1460. The Balaban J connectivity index is 1.26. The summed E-state index contributed by atoms with van der Waals surface area (Å²) >= 11 is 1.42. The second-order valence-corrected chi connectivity index (χ2v) is 8.30. The fourth-order valence-electron chi connectivity index (χ4n) is 3.33. The van der Waals surface area contributed by atoms with Gasteiger partial charge in [0.25, 0.3) is 5.91 Å². The number of amides is 2. The van der Waals surface area contributed by atoms with Gasteiger partial charge in [0.1, 0.15) is 5.82 Å². The van der Waals surface area contributed by atoms with E-state index in [-0.39, 0.29) is 12.4 Å². The van der Waals surface area contributed by atoms with E-state index in [1.165, 1.54) is 28.2 Å². The van der Waals surface area contributed by atoms with Crippen molar-refractivity contribution in [3.63, 3.8) is 0 Å². The number of benzene rings is 2. The molecule has 3 aromatic heterocycles. The zero-order chi connectivity index (χ0) is 24.2. The molecule has 5 aromatic rings. The number of thiophene rings is 1. The predicted molar refractivity (Wildman–Crippen MR) is 129 cm³/mol. The molecular formula is C24H18FN7O2S. The van der Waals surface area contributed by atoms with Crippen LogP contribution >= 0.6 is 11.3 Å². The summed E-state index contributed by atoms with van der Waals surface area (Å²) in [6, 6.07) is 18.5. The summed E-state index contributed by atoms with van der Waals surface area (Å²) in [5.74, 6) is -1.20. The molecule has 0 aliphatic rings. The van der Waals surface area contributed by atoms with Gasteiger partial charge in [-0.05, 0) is 60.0 Å². The minimum absolute atomic E-state index is 0.131. The average molecular weight is 488 g/mol. The number of nitrogens with zero attached hydrogens (tertiary/aromatic N) is 5. The number of carbonyl (C=O) groups excluding carboxylic acids is 2. The minimum atomic E-state index is -0.623. The normalized spacial score (nSPS) is 10.8. The van der Waals surface area contributed by atoms with Crippen molar-refractivity contribution in [3.05, 3.63) is 96.1 Å². The molecule has 0 saturated heterocycles. The van der Waals surface area contributed by atoms with E-state index in [4.69, 9.17) is 0 Å². The minimum Gasteiger partial charge on any atom is -0.340 e. The van der Waals surface area contributed by atoms with Gasteiger partial charge in [0.05, 0.1) is 22.8 Å². The lowest BCUT2D eigenvalue weighted by Gasteiger charge is -2.07. The molecule has 0 unspecified atom stereocenters. The summed E-state index contributed by atoms with van der Waals surface area (Å²) in [6.45, 7) is -0.275. The van der Waals surface area contributed by atoms with Crippen molar-refractivity contribution in [3.8, 4) is 22.1 Å². The highest BCUT2D eigenvalue weighted by Gasteiger charge is 2.20. The second kappa shape index (κ2) is 9.69. The van der Waals surface area contributed by atoms with Gasteiger partial charge >= 0.3 is 0 Å². The highest BCUT2D eigenvalue weighted by atomic mass is 32.1. The molecule has 35 heavy (non-hydrogen) atoms. The molecule has 0 spiro atoms. The van der Waals surface area contributed by atoms with E-state index < -0.39 is 17.6 Å². The van der Waals surface area contributed by atoms with E-state index in [2.05, 4.69) is 25.8 Å². The van der Waals surface area contributed by atoms with Gasteiger partial charge in [-0.2, -0.15) is 5.10 Å². The fourth-order valence-corrected chi connectivity index (χ4v) is 4.02. The number of aromatic nitrogens is 5. The number of hydrogen-bond acceptors (Lipinski definition) is 6. The summed E-state index contributed by atoms with van der Waals surface area (Å²) < 4.78 is 16.9. The third-order valence-electron chi connectivity index (χ3n) is 4.93. The predicted octanol–water partition coefficient (Wildman–Crippen LogP) is 3.69. The first kappa shape index (κ1) is 22.2. The van der Waals surface area contributed by atoms with E-state index in [0.29, 0.717) is 17.2 Å². The van der Waals surface area contributed by atoms with Crippen molar-refractivity contribution in [2.24, 2.45) is 0 Å². The lowest BCUT2D eigenvalue weighted by atomic mass is 10.3. The maximum Gasteiger partial charge on any atom is 0.291 e. The topological polar surface area (TPSA) is 107 Å². The van der Waals surface area contributed by atoms with Gasteiger partial charge in [-0.15, -0.1) is 16.4 Å². The molecule has 2 amide bonds. The Hall–Kier alpha value is -4.64. The summed E-state index contributed by atoms with van der Waals surface area (Å²) in [5, 5.41) is 15.5. The van der Waals surface area contributed by atoms with Crippen LogP contribution in [0, 0.1) is 5.82 Å². The lowest BCUT2D eigenvalue weighted by molar-refractivity contribution is -0.115. The number of nitrogens with one attached hydrogen (secondary N) is 2. The molecule has 0 aliphatic heterocycles. The molecule has 0 aliphatic carbocycles. The standard InChI is InChI=1S/C24H18FN7O2S/c25-16-4-1-5-19(14-16)32-23(20-6-2-13-35-20)29-22(30-32)24(34)26-15-21(33)28-17-7-9-18(10-8-17)31-12-3-11-27-31/h1-14H,15H2,(H,26,34)(H,28,33). The Morgan fingerprint density at radius 2 is 1.86 bits per heavy atom. The van der Waals surface area contributed by atoms with Crippen LogP contribution in [0.2, 0.25) is 0 Å². The van der Waals surface area contributed by atoms with Crippen LogP contribution in [0.4, 0.5) is 10.1 Å². The van der Waals surface area contributed by atoms with Crippen LogP contribution in [0.1, 0.15) is 10.6 Å². The molecule has 0 fully saturated rings. The summed E-state index contributed by atoms with van der Waals surface area (Å²) in [7, 11) is 0. The molecule has 9 nitrogen and oxygen atoms in total. The number of rotatable bonds is 7. The smallest absolute Gasteiger partial charge is 0.291 e. The number of halogens is 1. The van der Waals surface area contributed by atoms with Crippen molar-refractivity contribution < 1.29 is 14.0 Å². The highest BCUT2D eigenvalue weighted by Crippen LogP contribution is 2.25. The Morgan fingerprint density at radius 3 is 2.57 bits per heavy atom. The Kier molecular flexibility index (Phi) is 6.14. The molecule has 3 heterocycles. The molecule has 0 bridgehead atoms. The lowest BCUT2D eigenvalue weighted by Crippen LogP contribution is -2.33. The van der Waals surface area contributed by atoms with Gasteiger partial charge in [-0.3, -0.25) is 9.59 Å². The number of hydrogen-bond donors (Lipinski definition) is 2. The van der Waals surface area contributed by atoms with E-state index in [1.54, 1.807) is 35.1 Å². The molecular weight excluding hydrogens is 469 g/mol. The van der Waals surface area contributed by atoms with Crippen LogP contribution in [-0.4, -0.2) is 42.9 Å². The van der Waals surface area contributed by atoms with Crippen LogP contribution < -0.4 is 10.6 Å². The first-order valence-corrected chi connectivity index (χ1v) is 11.4. The first-order valence-electron chi connectivity index (χ1n) is 10.5. The van der Waals surface area contributed by atoms with Crippen molar-refractivity contribution in [1.82, 2.24) is 29.9 Å². The molecule has 2 N–H and O–H groups in total. The fraction of sp³-hybridized carbons (Fsp3) is 0.0417. The molecule has 0 radical (unpaired) electrons. The summed E-state index contributed by atoms with van der Waals surface area (Å²) in [5.41, 5.74) is 1.85. The maximum absolute atomic E-state index is 13.8. The van der Waals surface area contributed by atoms with Crippen LogP contribution in [0.5, 0.6) is 0 Å². The number of carbonyl (C=O) groups is 2. The van der Waals surface area contributed by atoms with Crippen LogP contribution in [0.15, 0.2) is 84.5 Å². The molecule has 0 atom stereocenters. The van der Waals surface area contributed by atoms with E-state index in [1.807, 2.05) is 41.9 Å². The summed E-state index contributed by atoms with van der Waals surface area (Å²) in [4.78, 5) is 30.2. The van der Waals surface area contributed by atoms with E-state index in [9.17, 15) is 14.0 Å². The first-order chi connectivity index (χ1) is 17.1. The van der Waals surface area contributed by atoms with Crippen LogP contribution in [0.3, 0.4) is 0 Å². The van der Waals surface area contributed by atoms with Gasteiger partial charge < -0.3 is 10.6 Å². The largest absolute Gasteiger partial charge is 0.340 e. The van der Waals surface area contributed by atoms with Crippen molar-refractivity contribution >= 4 is 28.8 Å². The van der Waals surface area contributed by atoms with Crippen LogP contribution in [-0.2, 0) is 4.79 Å². The highest BCUT2D eigenvalue weighted by molar-refractivity contribution is 7.13. The van der Waals surface area contributed by atoms with Crippen molar-refractivity contribution in [1.29, 1.82) is 0 Å². The molecule has 11 heteroatoms. The average Bonchev–Trinajstić information content (AvgIpc) is 3.64. The van der Waals surface area contributed by atoms with Gasteiger partial charge in [0.15, 0.2) is 5.82 Å². The molecule has 174 valence electrons. The van der Waals surface area contributed by atoms with Gasteiger partial charge in [-0.25, -0.2) is 18.7 Å². The summed E-state index contributed by atoms with van der Waals surface area (Å²) in [6.07, 6.45) is 3.49. The second-order valence-electron chi connectivity index (χ2n) is 7.36. The van der Waals surface area contributed by atoms with Gasteiger partial charge in [-0.1, -0.05) is 12.1 Å². The van der Waals surface area contributed by atoms with Gasteiger partial charge in [0.2, 0.25) is 11.7 Å². The van der Waals surface area contributed by atoms with Gasteiger partial charge in [0, 0.05) is 18.1 Å². The Labute approximate surface area is 202 Å². The van der Waals surface area contributed by atoms with E-state index in [0.717, 1.165) is 10.6 Å². The third kappa shape index (κ3) is 4.99. The Morgan fingerprint density at radius 1 is 1.00 bits per heavy atom. The SMILES string of the molecule is O=C(CNC(=O)c1nc(-c2cccs2)n(-c2cccc(F)c2)n1)Nc1ccc(-n2cccn2)cc1. The van der Waals surface area contributed by atoms with Crippen molar-refractivity contribution in [2.45, 2.75) is 0 Å². The quantitative estimate of drug-likeness (QED) is 0.364. The van der Waals surface area contributed by atoms with E-state index >= 15 is 0 Å².